The molecule has 0 aromatic heterocycles. The Kier molecular flexibility index (Phi) is 8.64. The molecule has 3 aromatic carbocycles. The third-order valence-corrected chi connectivity index (χ3v) is 12.8. The molecule has 5 atom stereocenters. The minimum absolute atomic E-state index is 0.155. The maximum absolute atomic E-state index is 7.22. The molecule has 0 spiro atoms. The average Bonchev–Trinajstić information content (AvgIpc) is 3.28. The van der Waals surface area contributed by atoms with E-state index in [0.717, 1.165) is 5.56 Å². The Balaban J connectivity index is 1.45. The van der Waals surface area contributed by atoms with Gasteiger partial charge >= 0.3 is 0 Å². The lowest BCUT2D eigenvalue weighted by atomic mass is 9.99. The fourth-order valence-electron chi connectivity index (χ4n) is 6.07. The van der Waals surface area contributed by atoms with Gasteiger partial charge in [-0.15, -0.1) is 0 Å². The van der Waals surface area contributed by atoms with Crippen LogP contribution in [0.2, 0.25) is 5.04 Å². The SMILES string of the molecule is COC1O[C@H](CO[Si](c2ccccc2)(c2ccccc2)C(C)(C)C)[C@@H]2OC(C)(C)O[C@@H]2[C@H]1OCc1ccccc1. The Bertz CT molecular complexity index is 1170. The summed E-state index contributed by atoms with van der Waals surface area (Å²) in [4.78, 5) is 0. The Morgan fingerprint density at radius 1 is 0.775 bits per heavy atom. The molecule has 0 saturated carbocycles. The van der Waals surface area contributed by atoms with Gasteiger partial charge < -0.3 is 28.1 Å². The minimum atomic E-state index is -2.77. The fourth-order valence-corrected chi connectivity index (χ4v) is 10.6. The predicted molar refractivity (Wildman–Crippen MR) is 158 cm³/mol. The first kappa shape index (κ1) is 29.1. The number of ether oxygens (including phenoxy) is 5. The molecule has 0 amide bonds. The Labute approximate surface area is 239 Å². The second kappa shape index (κ2) is 11.9. The highest BCUT2D eigenvalue weighted by atomic mass is 28.4. The molecule has 0 aliphatic carbocycles. The van der Waals surface area contributed by atoms with E-state index in [9.17, 15) is 0 Å². The molecular weight excluding hydrogens is 520 g/mol. The average molecular weight is 563 g/mol. The van der Waals surface area contributed by atoms with Crippen LogP contribution in [0.4, 0.5) is 0 Å². The molecule has 2 saturated heterocycles. The molecule has 5 rings (SSSR count). The molecule has 0 bridgehead atoms. The Morgan fingerprint density at radius 2 is 1.30 bits per heavy atom. The second-order valence-electron chi connectivity index (χ2n) is 12.1. The standard InChI is InChI=1S/C33H42O6Si/c1-32(2,3)40(25-18-12-8-13-19-25,26-20-14-9-15-21-26)36-23-27-28-29(39-33(4,5)38-28)30(31(34-6)37-27)35-22-24-16-10-7-11-17-24/h7-21,27-31H,22-23H2,1-6H3/t27-,28+,29+,30-,31?/m1/s1. The van der Waals surface area contributed by atoms with E-state index in [1.165, 1.54) is 10.4 Å². The molecule has 0 radical (unpaired) electrons. The fraction of sp³-hybridized carbons (Fsp3) is 0.455. The van der Waals surface area contributed by atoms with E-state index >= 15 is 0 Å². The van der Waals surface area contributed by atoms with E-state index in [1.807, 2.05) is 44.2 Å². The molecule has 2 aliphatic heterocycles. The maximum Gasteiger partial charge on any atom is 0.261 e. The number of hydrogen-bond donors (Lipinski definition) is 0. The molecule has 3 aromatic rings. The van der Waals surface area contributed by atoms with E-state index in [1.54, 1.807) is 7.11 Å². The first-order valence-electron chi connectivity index (χ1n) is 14.1. The lowest BCUT2D eigenvalue weighted by Gasteiger charge is -2.46. The van der Waals surface area contributed by atoms with Gasteiger partial charge in [0.25, 0.3) is 8.32 Å². The Hall–Kier alpha value is -2.36. The molecule has 214 valence electrons. The topological polar surface area (TPSA) is 55.4 Å². The van der Waals surface area contributed by atoms with Crippen molar-refractivity contribution in [1.82, 2.24) is 0 Å². The van der Waals surface area contributed by atoms with Crippen LogP contribution in [-0.4, -0.2) is 58.5 Å². The highest BCUT2D eigenvalue weighted by Gasteiger charge is 2.57. The third-order valence-electron chi connectivity index (χ3n) is 7.83. The third kappa shape index (κ3) is 5.83. The quantitative estimate of drug-likeness (QED) is 0.341. The summed E-state index contributed by atoms with van der Waals surface area (Å²) < 4.78 is 38.9. The van der Waals surface area contributed by atoms with E-state index < -0.39 is 32.6 Å². The molecule has 2 fully saturated rings. The van der Waals surface area contributed by atoms with Gasteiger partial charge in [-0.3, -0.25) is 0 Å². The van der Waals surface area contributed by atoms with Crippen molar-refractivity contribution in [2.24, 2.45) is 0 Å². The lowest BCUT2D eigenvalue weighted by Crippen LogP contribution is -2.68. The molecule has 1 unspecified atom stereocenters. The van der Waals surface area contributed by atoms with Crippen LogP contribution in [0.25, 0.3) is 0 Å². The van der Waals surface area contributed by atoms with Crippen molar-refractivity contribution in [2.75, 3.05) is 13.7 Å². The molecule has 40 heavy (non-hydrogen) atoms. The molecule has 2 heterocycles. The van der Waals surface area contributed by atoms with Gasteiger partial charge in [0, 0.05) is 7.11 Å². The van der Waals surface area contributed by atoms with Crippen LogP contribution in [0.1, 0.15) is 40.2 Å². The molecule has 2 aliphatic rings. The Morgan fingerprint density at radius 3 is 1.82 bits per heavy atom. The van der Waals surface area contributed by atoms with Crippen molar-refractivity contribution >= 4 is 18.7 Å². The number of fused-ring (bicyclic) bond motifs is 1. The van der Waals surface area contributed by atoms with E-state index in [0.29, 0.717) is 13.2 Å². The highest BCUT2D eigenvalue weighted by Crippen LogP contribution is 2.41. The predicted octanol–water partition coefficient (Wildman–Crippen LogP) is 5.04. The van der Waals surface area contributed by atoms with Crippen LogP contribution < -0.4 is 10.4 Å². The van der Waals surface area contributed by atoms with Crippen molar-refractivity contribution < 1.29 is 28.1 Å². The van der Waals surface area contributed by atoms with Crippen LogP contribution in [0, 0.1) is 0 Å². The van der Waals surface area contributed by atoms with Gasteiger partial charge in [0.1, 0.15) is 24.4 Å². The van der Waals surface area contributed by atoms with Crippen molar-refractivity contribution in [2.45, 2.75) is 82.8 Å². The second-order valence-corrected chi connectivity index (χ2v) is 16.4. The van der Waals surface area contributed by atoms with Gasteiger partial charge in [0.05, 0.1) is 13.2 Å². The van der Waals surface area contributed by atoms with Crippen LogP contribution in [0.15, 0.2) is 91.0 Å². The smallest absolute Gasteiger partial charge is 0.261 e. The van der Waals surface area contributed by atoms with Gasteiger partial charge in [-0.25, -0.2) is 0 Å². The largest absolute Gasteiger partial charge is 0.405 e. The van der Waals surface area contributed by atoms with E-state index in [-0.39, 0.29) is 17.2 Å². The van der Waals surface area contributed by atoms with Crippen molar-refractivity contribution in [3.05, 3.63) is 96.6 Å². The minimum Gasteiger partial charge on any atom is -0.405 e. The summed E-state index contributed by atoms with van der Waals surface area (Å²) in [5.41, 5.74) is 1.07. The zero-order valence-corrected chi connectivity index (χ0v) is 25.4. The first-order valence-corrected chi connectivity index (χ1v) is 16.0. The first-order chi connectivity index (χ1) is 19.1. The van der Waals surface area contributed by atoms with Crippen LogP contribution in [-0.2, 0) is 34.7 Å². The number of rotatable bonds is 9. The summed E-state index contributed by atoms with van der Waals surface area (Å²) in [6.45, 7) is 11.4. The van der Waals surface area contributed by atoms with E-state index in [4.69, 9.17) is 28.1 Å². The number of methoxy groups -OCH3 is 1. The number of hydrogen-bond acceptors (Lipinski definition) is 6. The van der Waals surface area contributed by atoms with Crippen LogP contribution in [0.3, 0.4) is 0 Å². The normalized spacial score (nSPS) is 26.4. The molecule has 7 heteroatoms. The van der Waals surface area contributed by atoms with Crippen LogP contribution in [0.5, 0.6) is 0 Å². The molecule has 0 N–H and O–H groups in total. The van der Waals surface area contributed by atoms with Gasteiger partial charge in [-0.2, -0.15) is 0 Å². The monoisotopic (exact) mass is 562 g/mol. The summed E-state index contributed by atoms with van der Waals surface area (Å²) in [6.07, 6.45) is -2.24. The zero-order chi connectivity index (χ0) is 28.4. The van der Waals surface area contributed by atoms with Crippen molar-refractivity contribution in [3.8, 4) is 0 Å². The lowest BCUT2D eigenvalue weighted by molar-refractivity contribution is -0.285. The summed E-state index contributed by atoms with van der Waals surface area (Å²) >= 11 is 0. The van der Waals surface area contributed by atoms with Crippen molar-refractivity contribution in [1.29, 1.82) is 0 Å². The summed E-state index contributed by atoms with van der Waals surface area (Å²) in [7, 11) is -1.13. The summed E-state index contributed by atoms with van der Waals surface area (Å²) in [6, 6.07) is 31.3. The molecular formula is C33H42O6Si. The van der Waals surface area contributed by atoms with Gasteiger partial charge in [-0.1, -0.05) is 112 Å². The highest BCUT2D eigenvalue weighted by molar-refractivity contribution is 6.99. The molecule has 6 nitrogen and oxygen atoms in total. The van der Waals surface area contributed by atoms with Gasteiger partial charge in [-0.05, 0) is 34.8 Å². The van der Waals surface area contributed by atoms with Crippen LogP contribution >= 0.6 is 0 Å². The maximum atomic E-state index is 7.22. The zero-order valence-electron chi connectivity index (χ0n) is 24.4. The van der Waals surface area contributed by atoms with Gasteiger partial charge in [0.2, 0.25) is 0 Å². The van der Waals surface area contributed by atoms with E-state index in [2.05, 4.69) is 81.4 Å². The van der Waals surface area contributed by atoms with Crippen molar-refractivity contribution in [3.63, 3.8) is 0 Å². The van der Waals surface area contributed by atoms with Gasteiger partial charge in [0.15, 0.2) is 12.1 Å². The summed E-state index contributed by atoms with van der Waals surface area (Å²) in [5, 5.41) is 2.28. The number of benzene rings is 3. The summed E-state index contributed by atoms with van der Waals surface area (Å²) in [5.74, 6) is -0.786.